The number of nitro groups is 1. The van der Waals surface area contributed by atoms with Gasteiger partial charge in [0.15, 0.2) is 5.69 Å². The van der Waals surface area contributed by atoms with Gasteiger partial charge >= 0.3 is 0 Å². The molecule has 3 aromatic rings. The van der Waals surface area contributed by atoms with Crippen molar-refractivity contribution in [2.75, 3.05) is 5.73 Å². The Bertz CT molecular complexity index is 815. The number of hydrogen-bond donors (Lipinski definition) is 1. The van der Waals surface area contributed by atoms with Gasteiger partial charge in [-0.3, -0.25) is 10.1 Å². The summed E-state index contributed by atoms with van der Waals surface area (Å²) in [6.45, 7) is 0. The number of nitro benzene ring substituents is 1. The molecule has 21 heavy (non-hydrogen) atoms. The van der Waals surface area contributed by atoms with Crippen molar-refractivity contribution >= 4 is 11.4 Å². The lowest BCUT2D eigenvalue weighted by Gasteiger charge is -1.97. The van der Waals surface area contributed by atoms with Crippen LogP contribution >= 0.6 is 0 Å². The van der Waals surface area contributed by atoms with E-state index in [9.17, 15) is 10.1 Å². The van der Waals surface area contributed by atoms with Crippen LogP contribution in [0.4, 0.5) is 11.4 Å². The molecule has 0 saturated heterocycles. The van der Waals surface area contributed by atoms with E-state index in [1.165, 1.54) is 12.1 Å². The average molecular weight is 283 g/mol. The van der Waals surface area contributed by atoms with Gasteiger partial charge in [0.05, 0.1) is 10.6 Å². The first kappa shape index (κ1) is 12.7. The van der Waals surface area contributed by atoms with Gasteiger partial charge in [-0.05, 0) is 12.1 Å². The van der Waals surface area contributed by atoms with Gasteiger partial charge in [-0.25, -0.2) is 4.98 Å². The molecule has 1 aromatic carbocycles. The normalized spacial score (nSPS) is 10.5. The van der Waals surface area contributed by atoms with Crippen molar-refractivity contribution < 1.29 is 9.45 Å². The first-order chi connectivity index (χ1) is 10.1. The molecule has 3 rings (SSSR count). The van der Waals surface area contributed by atoms with E-state index in [-0.39, 0.29) is 17.4 Å². The van der Waals surface area contributed by atoms with E-state index in [0.29, 0.717) is 16.9 Å². The minimum Gasteiger partial charge on any atom is -0.397 e. The average Bonchev–Trinajstić information content (AvgIpc) is 2.97. The van der Waals surface area contributed by atoms with Crippen molar-refractivity contribution in [2.24, 2.45) is 0 Å². The number of pyridine rings is 1. The van der Waals surface area contributed by atoms with Crippen LogP contribution in [-0.2, 0) is 0 Å². The molecule has 2 N–H and O–H groups in total. The fraction of sp³-hybridized carbons (Fsp3) is 0. The maximum atomic E-state index is 10.8. The predicted octanol–water partition coefficient (Wildman–Crippen LogP) is 2.29. The molecule has 0 atom stereocenters. The summed E-state index contributed by atoms with van der Waals surface area (Å²) >= 11 is 0. The number of nitrogens with zero attached hydrogens (tertiary/aromatic N) is 4. The number of nitrogens with two attached hydrogens (primary N) is 1. The smallest absolute Gasteiger partial charge is 0.278 e. The van der Waals surface area contributed by atoms with Gasteiger partial charge in [0.2, 0.25) is 5.82 Å². The highest BCUT2D eigenvalue weighted by Crippen LogP contribution is 2.26. The summed E-state index contributed by atoms with van der Waals surface area (Å²) in [5, 5.41) is 14.6. The van der Waals surface area contributed by atoms with Crippen LogP contribution < -0.4 is 5.73 Å². The van der Waals surface area contributed by atoms with Crippen molar-refractivity contribution in [3.63, 3.8) is 0 Å². The molecular weight excluding hydrogens is 274 g/mol. The maximum absolute atomic E-state index is 10.8. The Labute approximate surface area is 118 Å². The number of benzene rings is 1. The van der Waals surface area contributed by atoms with Gasteiger partial charge < -0.3 is 10.3 Å². The molecule has 0 aliphatic rings. The minimum absolute atomic E-state index is 0.0452. The van der Waals surface area contributed by atoms with Crippen molar-refractivity contribution in [2.45, 2.75) is 0 Å². The van der Waals surface area contributed by atoms with Crippen molar-refractivity contribution in [3.05, 3.63) is 52.7 Å². The van der Waals surface area contributed by atoms with Gasteiger partial charge in [-0.1, -0.05) is 17.3 Å². The Morgan fingerprint density at radius 2 is 2.10 bits per heavy atom. The van der Waals surface area contributed by atoms with Crippen LogP contribution in [-0.4, -0.2) is 20.0 Å². The molecule has 0 amide bonds. The van der Waals surface area contributed by atoms with Crippen LogP contribution in [0, 0.1) is 10.1 Å². The van der Waals surface area contributed by atoms with E-state index in [2.05, 4.69) is 15.1 Å². The van der Waals surface area contributed by atoms with E-state index in [1.54, 1.807) is 30.5 Å². The second kappa shape index (κ2) is 5.00. The molecule has 0 saturated carbocycles. The fourth-order valence-corrected chi connectivity index (χ4v) is 1.79. The number of aromatic nitrogens is 3. The molecule has 0 bridgehead atoms. The molecular formula is C13H9N5O3. The third-order valence-electron chi connectivity index (χ3n) is 2.78. The molecule has 2 aromatic heterocycles. The van der Waals surface area contributed by atoms with E-state index in [4.69, 9.17) is 10.3 Å². The lowest BCUT2D eigenvalue weighted by molar-refractivity contribution is -0.384. The Kier molecular flexibility index (Phi) is 3.03. The molecule has 0 spiro atoms. The van der Waals surface area contributed by atoms with Crippen molar-refractivity contribution in [1.82, 2.24) is 15.1 Å². The highest BCUT2D eigenvalue weighted by molar-refractivity contribution is 5.67. The van der Waals surface area contributed by atoms with Crippen LogP contribution in [0.1, 0.15) is 0 Å². The largest absolute Gasteiger partial charge is 0.397 e. The summed E-state index contributed by atoms with van der Waals surface area (Å²) in [4.78, 5) is 18.5. The molecule has 0 aliphatic heterocycles. The van der Waals surface area contributed by atoms with Crippen LogP contribution in [0.15, 0.2) is 47.1 Å². The van der Waals surface area contributed by atoms with Crippen molar-refractivity contribution in [1.29, 1.82) is 0 Å². The third-order valence-corrected chi connectivity index (χ3v) is 2.78. The Hall–Kier alpha value is -3.29. The molecule has 8 nitrogen and oxygen atoms in total. The van der Waals surface area contributed by atoms with Crippen LogP contribution in [0.2, 0.25) is 0 Å². The van der Waals surface area contributed by atoms with Gasteiger partial charge in [0.1, 0.15) is 0 Å². The standard InChI is InChI=1S/C13H9N5O3/c14-10-5-2-6-15-11(10)13-16-12(17-21-13)8-3-1-4-9(7-8)18(19)20/h1-7H,14H2. The minimum atomic E-state index is -0.485. The highest BCUT2D eigenvalue weighted by atomic mass is 16.6. The predicted molar refractivity (Wildman–Crippen MR) is 74.0 cm³/mol. The van der Waals surface area contributed by atoms with E-state index >= 15 is 0 Å². The summed E-state index contributed by atoms with van der Waals surface area (Å²) in [7, 11) is 0. The van der Waals surface area contributed by atoms with Gasteiger partial charge in [0.25, 0.3) is 11.6 Å². The zero-order chi connectivity index (χ0) is 14.8. The monoisotopic (exact) mass is 283 g/mol. The van der Waals surface area contributed by atoms with Crippen molar-refractivity contribution in [3.8, 4) is 23.0 Å². The van der Waals surface area contributed by atoms with E-state index < -0.39 is 4.92 Å². The summed E-state index contributed by atoms with van der Waals surface area (Å²) < 4.78 is 5.11. The molecule has 2 heterocycles. The Morgan fingerprint density at radius 3 is 2.86 bits per heavy atom. The van der Waals surface area contributed by atoms with Crippen LogP contribution in [0.3, 0.4) is 0 Å². The summed E-state index contributed by atoms with van der Waals surface area (Å²) in [5.74, 6) is 0.397. The van der Waals surface area contributed by atoms with E-state index in [0.717, 1.165) is 0 Å². The van der Waals surface area contributed by atoms with Crippen LogP contribution in [0.5, 0.6) is 0 Å². The summed E-state index contributed by atoms with van der Waals surface area (Å²) in [6.07, 6.45) is 1.56. The number of hydrogen-bond acceptors (Lipinski definition) is 7. The third kappa shape index (κ3) is 2.41. The fourth-order valence-electron chi connectivity index (χ4n) is 1.79. The summed E-state index contributed by atoms with van der Waals surface area (Å²) in [5.41, 5.74) is 7.01. The highest BCUT2D eigenvalue weighted by Gasteiger charge is 2.15. The van der Waals surface area contributed by atoms with E-state index in [1.807, 2.05) is 0 Å². The molecule has 0 unspecified atom stereocenters. The van der Waals surface area contributed by atoms with Gasteiger partial charge in [0, 0.05) is 23.9 Å². The van der Waals surface area contributed by atoms with Crippen LogP contribution in [0.25, 0.3) is 23.0 Å². The molecule has 0 fully saturated rings. The zero-order valence-corrected chi connectivity index (χ0v) is 10.6. The first-order valence-electron chi connectivity index (χ1n) is 5.94. The second-order valence-corrected chi connectivity index (χ2v) is 4.17. The Morgan fingerprint density at radius 1 is 1.24 bits per heavy atom. The second-order valence-electron chi connectivity index (χ2n) is 4.17. The number of anilines is 1. The summed E-state index contributed by atoms with van der Waals surface area (Å²) in [6, 6.07) is 9.33. The molecule has 104 valence electrons. The SMILES string of the molecule is Nc1cccnc1-c1nc(-c2cccc([N+](=O)[O-])c2)no1. The topological polar surface area (TPSA) is 121 Å². The molecule has 0 radical (unpaired) electrons. The van der Waals surface area contributed by atoms with Gasteiger partial charge in [-0.2, -0.15) is 4.98 Å². The lowest BCUT2D eigenvalue weighted by atomic mass is 10.2. The number of nitrogen functional groups attached to an aromatic ring is 1. The maximum Gasteiger partial charge on any atom is 0.278 e. The zero-order valence-electron chi connectivity index (χ0n) is 10.6. The van der Waals surface area contributed by atoms with Gasteiger partial charge in [-0.15, -0.1) is 0 Å². The number of non-ortho nitro benzene ring substituents is 1. The first-order valence-corrected chi connectivity index (χ1v) is 5.94. The molecule has 0 aliphatic carbocycles. The number of rotatable bonds is 3. The lowest BCUT2D eigenvalue weighted by Crippen LogP contribution is -1.92. The Balaban J connectivity index is 2.01. The molecule has 8 heteroatoms. The quantitative estimate of drug-likeness (QED) is 0.578.